The maximum atomic E-state index is 12.6. The molecule has 5 unspecified atom stereocenters. The predicted molar refractivity (Wildman–Crippen MR) is 85.0 cm³/mol. The summed E-state index contributed by atoms with van der Waals surface area (Å²) < 4.78 is 0. The van der Waals surface area contributed by atoms with Crippen LogP contribution in [0.15, 0.2) is 24.3 Å². The van der Waals surface area contributed by atoms with E-state index in [0.717, 1.165) is 17.0 Å². The van der Waals surface area contributed by atoms with Crippen molar-refractivity contribution in [2.45, 2.75) is 51.9 Å². The van der Waals surface area contributed by atoms with E-state index >= 15 is 0 Å². The van der Waals surface area contributed by atoms with Gasteiger partial charge < -0.3 is 4.90 Å². The predicted octanol–water partition coefficient (Wildman–Crippen LogP) is 3.59. The Bertz CT molecular complexity index is 530. The average molecular weight is 307 g/mol. The van der Waals surface area contributed by atoms with E-state index in [1.165, 1.54) is 6.42 Å². The van der Waals surface area contributed by atoms with Crippen molar-refractivity contribution in [2.24, 2.45) is 11.8 Å². The number of nitrogens with zero attached hydrogens (tertiary/aromatic N) is 1. The molecule has 21 heavy (non-hydrogen) atoms. The van der Waals surface area contributed by atoms with Gasteiger partial charge in [0.2, 0.25) is 5.91 Å². The Hall–Kier alpha value is -1.06. The largest absolute Gasteiger partial charge is 0.318 e. The molecule has 1 heterocycles. The molecule has 1 saturated heterocycles. The molecule has 2 aliphatic rings. The average Bonchev–Trinajstić information content (AvgIpc) is 2.93. The van der Waals surface area contributed by atoms with Crippen LogP contribution >= 0.6 is 11.6 Å². The third kappa shape index (κ3) is 2.58. The molecule has 0 radical (unpaired) electrons. The fourth-order valence-corrected chi connectivity index (χ4v) is 3.85. The van der Waals surface area contributed by atoms with Crippen LogP contribution in [-0.2, 0) is 4.79 Å². The highest BCUT2D eigenvalue weighted by Gasteiger charge is 2.45. The summed E-state index contributed by atoms with van der Waals surface area (Å²) in [4.78, 5) is 14.7. The van der Waals surface area contributed by atoms with E-state index in [0.29, 0.717) is 17.9 Å². The Labute approximate surface area is 131 Å². The fourth-order valence-electron chi connectivity index (χ4n) is 3.73. The number of halogens is 1. The molecule has 114 valence electrons. The van der Waals surface area contributed by atoms with E-state index < -0.39 is 0 Å². The Balaban J connectivity index is 1.91. The zero-order valence-corrected chi connectivity index (χ0v) is 13.6. The second-order valence-electron chi connectivity index (χ2n) is 6.57. The molecule has 0 bridgehead atoms. The first kappa shape index (κ1) is 14.9. The number of amides is 1. The van der Waals surface area contributed by atoms with E-state index in [4.69, 9.17) is 11.6 Å². The van der Waals surface area contributed by atoms with E-state index in [2.05, 4.69) is 24.1 Å². The minimum Gasteiger partial charge on any atom is -0.318 e. The smallest absolute Gasteiger partial charge is 0.241 e. The normalized spacial score (nSPS) is 36.5. The van der Waals surface area contributed by atoms with Gasteiger partial charge in [-0.25, -0.2) is 0 Å². The lowest BCUT2D eigenvalue weighted by molar-refractivity contribution is -0.132. The van der Waals surface area contributed by atoms with Crippen molar-refractivity contribution < 1.29 is 4.79 Å². The molecule has 1 aliphatic carbocycles. The molecule has 3 rings (SSSR count). The van der Waals surface area contributed by atoms with Gasteiger partial charge in [-0.15, -0.1) is 0 Å². The Morgan fingerprint density at radius 2 is 1.81 bits per heavy atom. The molecule has 0 aromatic heterocycles. The van der Waals surface area contributed by atoms with Crippen LogP contribution in [-0.4, -0.2) is 22.9 Å². The second-order valence-corrected chi connectivity index (χ2v) is 7.01. The molecule has 1 amide bonds. The summed E-state index contributed by atoms with van der Waals surface area (Å²) in [6.45, 7) is 6.52. The van der Waals surface area contributed by atoms with Gasteiger partial charge >= 0.3 is 0 Å². The van der Waals surface area contributed by atoms with Gasteiger partial charge in [-0.2, -0.15) is 0 Å². The van der Waals surface area contributed by atoms with E-state index in [9.17, 15) is 4.79 Å². The van der Waals surface area contributed by atoms with Crippen molar-refractivity contribution in [1.29, 1.82) is 0 Å². The summed E-state index contributed by atoms with van der Waals surface area (Å²) in [6.07, 6.45) is 2.28. The van der Waals surface area contributed by atoms with Crippen LogP contribution in [0, 0.1) is 11.8 Å². The molecular formula is C17H23ClN2O. The number of hydrogen-bond donors (Lipinski definition) is 1. The van der Waals surface area contributed by atoms with Crippen LogP contribution in [0.5, 0.6) is 0 Å². The maximum Gasteiger partial charge on any atom is 0.241 e. The van der Waals surface area contributed by atoms with Crippen molar-refractivity contribution in [3.8, 4) is 0 Å². The third-order valence-corrected chi connectivity index (χ3v) is 5.53. The molecule has 1 aromatic carbocycles. The van der Waals surface area contributed by atoms with Crippen molar-refractivity contribution in [3.63, 3.8) is 0 Å². The first-order chi connectivity index (χ1) is 9.99. The Morgan fingerprint density at radius 1 is 1.14 bits per heavy atom. The van der Waals surface area contributed by atoms with Gasteiger partial charge in [0.05, 0.1) is 6.04 Å². The highest BCUT2D eigenvalue weighted by molar-refractivity contribution is 6.30. The van der Waals surface area contributed by atoms with E-state index in [1.54, 1.807) is 0 Å². The summed E-state index contributed by atoms with van der Waals surface area (Å²) in [6, 6.07) is 8.04. The van der Waals surface area contributed by atoms with Crippen LogP contribution in [0.25, 0.3) is 0 Å². The zero-order valence-electron chi connectivity index (χ0n) is 12.8. The van der Waals surface area contributed by atoms with Crippen LogP contribution in [0.2, 0.25) is 5.02 Å². The topological polar surface area (TPSA) is 32.3 Å². The van der Waals surface area contributed by atoms with Gasteiger partial charge in [0.1, 0.15) is 6.17 Å². The molecule has 1 saturated carbocycles. The lowest BCUT2D eigenvalue weighted by Gasteiger charge is -2.34. The van der Waals surface area contributed by atoms with Crippen molar-refractivity contribution in [1.82, 2.24) is 10.2 Å². The van der Waals surface area contributed by atoms with Crippen molar-refractivity contribution in [2.75, 3.05) is 0 Å². The van der Waals surface area contributed by atoms with Gasteiger partial charge in [0, 0.05) is 11.1 Å². The van der Waals surface area contributed by atoms with E-state index in [-0.39, 0.29) is 18.1 Å². The van der Waals surface area contributed by atoms with Crippen LogP contribution in [0.1, 0.15) is 45.3 Å². The van der Waals surface area contributed by atoms with Gasteiger partial charge in [0.25, 0.3) is 0 Å². The van der Waals surface area contributed by atoms with Gasteiger partial charge in [-0.05, 0) is 49.3 Å². The summed E-state index contributed by atoms with van der Waals surface area (Å²) in [5, 5.41) is 4.16. The molecule has 4 heteroatoms. The summed E-state index contributed by atoms with van der Waals surface area (Å²) >= 11 is 5.98. The number of carbonyl (C=O) groups is 1. The molecule has 1 aromatic rings. The number of nitrogens with one attached hydrogen (secondary N) is 1. The van der Waals surface area contributed by atoms with Crippen LogP contribution < -0.4 is 5.32 Å². The number of rotatable bonds is 2. The van der Waals surface area contributed by atoms with E-state index in [1.807, 2.05) is 31.2 Å². The molecule has 0 spiro atoms. The second kappa shape index (κ2) is 5.62. The highest BCUT2D eigenvalue weighted by atomic mass is 35.5. The quantitative estimate of drug-likeness (QED) is 0.905. The lowest BCUT2D eigenvalue weighted by Crippen LogP contribution is -2.42. The van der Waals surface area contributed by atoms with Gasteiger partial charge in [-0.1, -0.05) is 37.6 Å². The van der Waals surface area contributed by atoms with Crippen LogP contribution in [0.3, 0.4) is 0 Å². The standard InChI is InChI=1S/C17H23ClN2O/c1-10-4-9-15(11(10)2)20-16(19-12(3)17(20)21)13-5-7-14(18)8-6-13/h5-8,10-12,15-16,19H,4,9H2,1-3H3. The number of hydrogen-bond acceptors (Lipinski definition) is 2. The highest BCUT2D eigenvalue weighted by Crippen LogP contribution is 2.40. The number of carbonyl (C=O) groups excluding carboxylic acids is 1. The summed E-state index contributed by atoms with van der Waals surface area (Å²) in [5.74, 6) is 1.46. The first-order valence-corrected chi connectivity index (χ1v) is 8.20. The zero-order chi connectivity index (χ0) is 15.1. The lowest BCUT2D eigenvalue weighted by atomic mass is 9.96. The fraction of sp³-hybridized carbons (Fsp3) is 0.588. The molecule has 1 aliphatic heterocycles. The molecule has 5 atom stereocenters. The van der Waals surface area contributed by atoms with Crippen molar-refractivity contribution in [3.05, 3.63) is 34.9 Å². The summed E-state index contributed by atoms with van der Waals surface area (Å²) in [7, 11) is 0. The molecular weight excluding hydrogens is 284 g/mol. The SMILES string of the molecule is CC1NC(c2ccc(Cl)cc2)N(C2CCC(C)C2C)C1=O. The third-order valence-electron chi connectivity index (χ3n) is 5.28. The molecule has 3 nitrogen and oxygen atoms in total. The first-order valence-electron chi connectivity index (χ1n) is 7.82. The minimum absolute atomic E-state index is 0.0254. The Kier molecular flexibility index (Phi) is 3.98. The number of benzene rings is 1. The minimum atomic E-state index is -0.117. The van der Waals surface area contributed by atoms with Gasteiger partial charge in [-0.3, -0.25) is 10.1 Å². The molecule has 2 fully saturated rings. The Morgan fingerprint density at radius 3 is 2.38 bits per heavy atom. The van der Waals surface area contributed by atoms with Gasteiger partial charge in [0.15, 0.2) is 0 Å². The van der Waals surface area contributed by atoms with Crippen LogP contribution in [0.4, 0.5) is 0 Å². The molecule has 1 N–H and O–H groups in total. The maximum absolute atomic E-state index is 12.6. The van der Waals surface area contributed by atoms with Crippen molar-refractivity contribution >= 4 is 17.5 Å². The summed E-state index contributed by atoms with van der Waals surface area (Å²) in [5.41, 5.74) is 1.11. The monoisotopic (exact) mass is 306 g/mol.